The van der Waals surface area contributed by atoms with Crippen molar-refractivity contribution in [1.29, 1.82) is 0 Å². The van der Waals surface area contributed by atoms with Gasteiger partial charge >= 0.3 is 0 Å². The summed E-state index contributed by atoms with van der Waals surface area (Å²) in [7, 11) is 0. The van der Waals surface area contributed by atoms with Gasteiger partial charge in [0.1, 0.15) is 6.29 Å². The molecule has 0 amide bonds. The van der Waals surface area contributed by atoms with E-state index in [9.17, 15) is 4.79 Å². The Bertz CT molecular complexity index is 447. The van der Waals surface area contributed by atoms with Crippen LogP contribution in [0.4, 0.5) is 0 Å². The third kappa shape index (κ3) is 4.02. The number of carbonyl (C=O) groups is 1. The number of allylic oxidation sites excluding steroid dienone is 2. The van der Waals surface area contributed by atoms with Crippen LogP contribution in [0.15, 0.2) is 40.9 Å². The predicted molar refractivity (Wildman–Crippen MR) is 84.5 cm³/mol. The first-order valence-electron chi connectivity index (χ1n) is 6.27. The lowest BCUT2D eigenvalue weighted by Gasteiger charge is -2.29. The van der Waals surface area contributed by atoms with Gasteiger partial charge in [-0.15, -0.1) is 24.2 Å². The van der Waals surface area contributed by atoms with Gasteiger partial charge in [0.05, 0.1) is 5.88 Å². The zero-order chi connectivity index (χ0) is 13.0. The van der Waals surface area contributed by atoms with Crippen LogP contribution in [-0.4, -0.2) is 23.1 Å². The Hall–Kier alpha value is -0.930. The number of rotatable bonds is 5. The second-order valence-corrected chi connectivity index (χ2v) is 5.79. The van der Waals surface area contributed by atoms with Crippen LogP contribution in [0.2, 0.25) is 0 Å². The molecule has 1 aromatic carbocycles. The fraction of sp³-hybridized carbons (Fsp3) is 0.400. The highest BCUT2D eigenvalue weighted by atomic mass is 35.5. The van der Waals surface area contributed by atoms with Crippen molar-refractivity contribution in [3.8, 4) is 0 Å². The molecule has 0 aliphatic carbocycles. The standard InChI is InChI=1S/C15H19NOS.ClH/c1-12-13(2)18-11-16(12)15(8-9-17)10-14-6-4-3-5-7-14;/h3-7,9,15H,8,10-11H2,1-2H3;1H. The number of nitrogens with zero attached hydrogens (tertiary/aromatic N) is 1. The maximum Gasteiger partial charge on any atom is 0.122 e. The molecule has 1 aliphatic heterocycles. The van der Waals surface area contributed by atoms with Crippen molar-refractivity contribution >= 4 is 30.5 Å². The number of carbonyl (C=O) groups excluding carboxylic acids is 1. The second kappa shape index (κ2) is 7.61. The van der Waals surface area contributed by atoms with E-state index in [1.165, 1.54) is 16.2 Å². The van der Waals surface area contributed by atoms with Gasteiger partial charge in [0.2, 0.25) is 0 Å². The van der Waals surface area contributed by atoms with Gasteiger partial charge in [0, 0.05) is 23.1 Å². The van der Waals surface area contributed by atoms with Crippen LogP contribution in [0.1, 0.15) is 25.8 Å². The fourth-order valence-corrected chi connectivity index (χ4v) is 3.33. The highest BCUT2D eigenvalue weighted by Gasteiger charge is 2.24. The van der Waals surface area contributed by atoms with E-state index in [-0.39, 0.29) is 18.4 Å². The van der Waals surface area contributed by atoms with Gasteiger partial charge in [-0.05, 0) is 25.8 Å². The molecule has 1 aromatic rings. The van der Waals surface area contributed by atoms with Gasteiger partial charge in [-0.25, -0.2) is 0 Å². The van der Waals surface area contributed by atoms with Crippen molar-refractivity contribution < 1.29 is 4.79 Å². The summed E-state index contributed by atoms with van der Waals surface area (Å²) >= 11 is 1.87. The number of hydrogen-bond acceptors (Lipinski definition) is 3. The van der Waals surface area contributed by atoms with Crippen LogP contribution in [0.5, 0.6) is 0 Å². The molecular formula is C15H20ClNOS. The summed E-state index contributed by atoms with van der Waals surface area (Å²) in [5, 5.41) is 0. The lowest BCUT2D eigenvalue weighted by atomic mass is 10.0. The number of benzene rings is 1. The lowest BCUT2D eigenvalue weighted by Crippen LogP contribution is -2.33. The molecule has 0 saturated carbocycles. The van der Waals surface area contributed by atoms with Crippen molar-refractivity contribution in [2.45, 2.75) is 32.7 Å². The maximum atomic E-state index is 10.9. The van der Waals surface area contributed by atoms with Crippen molar-refractivity contribution in [3.05, 3.63) is 46.5 Å². The molecular weight excluding hydrogens is 278 g/mol. The van der Waals surface area contributed by atoms with Crippen LogP contribution >= 0.6 is 24.2 Å². The molecule has 1 unspecified atom stereocenters. The Kier molecular flexibility index (Phi) is 6.46. The first-order valence-corrected chi connectivity index (χ1v) is 7.25. The topological polar surface area (TPSA) is 20.3 Å². The van der Waals surface area contributed by atoms with Crippen molar-refractivity contribution in [1.82, 2.24) is 4.90 Å². The van der Waals surface area contributed by atoms with Crippen LogP contribution in [0.3, 0.4) is 0 Å². The normalized spacial score (nSPS) is 16.2. The fourth-order valence-electron chi connectivity index (χ4n) is 2.27. The Morgan fingerprint density at radius 2 is 2.00 bits per heavy atom. The third-order valence-corrected chi connectivity index (χ3v) is 4.62. The largest absolute Gasteiger partial charge is 0.361 e. The van der Waals surface area contributed by atoms with Crippen molar-refractivity contribution in [2.75, 3.05) is 5.88 Å². The molecule has 0 bridgehead atoms. The molecule has 4 heteroatoms. The minimum atomic E-state index is 0. The molecule has 0 fully saturated rings. The molecule has 104 valence electrons. The van der Waals surface area contributed by atoms with Crippen LogP contribution in [0.25, 0.3) is 0 Å². The molecule has 0 saturated heterocycles. The molecule has 1 heterocycles. The summed E-state index contributed by atoms with van der Waals surface area (Å²) in [5.41, 5.74) is 2.62. The molecule has 1 aliphatic rings. The van der Waals surface area contributed by atoms with E-state index < -0.39 is 0 Å². The van der Waals surface area contributed by atoms with Crippen LogP contribution < -0.4 is 0 Å². The van der Waals surface area contributed by atoms with E-state index in [0.29, 0.717) is 6.42 Å². The predicted octanol–water partition coefficient (Wildman–Crippen LogP) is 3.87. The number of hydrogen-bond donors (Lipinski definition) is 0. The van der Waals surface area contributed by atoms with E-state index in [4.69, 9.17) is 0 Å². The van der Waals surface area contributed by atoms with E-state index in [2.05, 4.69) is 43.0 Å². The van der Waals surface area contributed by atoms with E-state index in [1.807, 2.05) is 17.8 Å². The van der Waals surface area contributed by atoms with Crippen LogP contribution in [-0.2, 0) is 11.2 Å². The lowest BCUT2D eigenvalue weighted by molar-refractivity contribution is -0.108. The Morgan fingerprint density at radius 3 is 2.53 bits per heavy atom. The minimum Gasteiger partial charge on any atom is -0.361 e. The van der Waals surface area contributed by atoms with Gasteiger partial charge in [-0.1, -0.05) is 30.3 Å². The molecule has 2 rings (SSSR count). The number of thioether (sulfide) groups is 1. The van der Waals surface area contributed by atoms with Gasteiger partial charge in [-0.3, -0.25) is 0 Å². The average Bonchev–Trinajstić information content (AvgIpc) is 2.71. The first-order chi connectivity index (χ1) is 8.72. The van der Waals surface area contributed by atoms with Gasteiger partial charge in [0.15, 0.2) is 0 Å². The monoisotopic (exact) mass is 297 g/mol. The Balaban J connectivity index is 0.00000180. The van der Waals surface area contributed by atoms with Gasteiger partial charge in [0.25, 0.3) is 0 Å². The average molecular weight is 298 g/mol. The smallest absolute Gasteiger partial charge is 0.122 e. The highest BCUT2D eigenvalue weighted by Crippen LogP contribution is 2.33. The van der Waals surface area contributed by atoms with Crippen molar-refractivity contribution in [3.63, 3.8) is 0 Å². The molecule has 0 N–H and O–H groups in total. The van der Waals surface area contributed by atoms with Crippen molar-refractivity contribution in [2.24, 2.45) is 0 Å². The third-order valence-electron chi connectivity index (χ3n) is 3.48. The van der Waals surface area contributed by atoms with Gasteiger partial charge in [-0.2, -0.15) is 0 Å². The van der Waals surface area contributed by atoms with Gasteiger partial charge < -0.3 is 9.69 Å². The van der Waals surface area contributed by atoms with E-state index in [1.54, 1.807) is 0 Å². The molecule has 0 spiro atoms. The molecule has 0 radical (unpaired) electrons. The second-order valence-electron chi connectivity index (χ2n) is 4.63. The first kappa shape index (κ1) is 16.1. The minimum absolute atomic E-state index is 0. The Morgan fingerprint density at radius 1 is 1.32 bits per heavy atom. The number of aldehydes is 1. The summed E-state index contributed by atoms with van der Waals surface area (Å²) in [6, 6.07) is 10.7. The Labute approximate surface area is 125 Å². The quantitative estimate of drug-likeness (QED) is 0.770. The molecule has 0 aromatic heterocycles. The van der Waals surface area contributed by atoms with E-state index >= 15 is 0 Å². The summed E-state index contributed by atoms with van der Waals surface area (Å²) in [5.74, 6) is 0.975. The summed E-state index contributed by atoms with van der Waals surface area (Å²) < 4.78 is 0. The molecule has 19 heavy (non-hydrogen) atoms. The molecule has 2 nitrogen and oxygen atoms in total. The summed E-state index contributed by atoms with van der Waals surface area (Å²) in [6.07, 6.45) is 2.57. The highest BCUT2D eigenvalue weighted by molar-refractivity contribution is 8.03. The zero-order valence-corrected chi connectivity index (χ0v) is 13.0. The maximum absolute atomic E-state index is 10.9. The number of halogens is 1. The van der Waals surface area contributed by atoms with Crippen LogP contribution in [0, 0.1) is 0 Å². The summed E-state index contributed by atoms with van der Waals surface area (Å²) in [4.78, 5) is 14.6. The zero-order valence-electron chi connectivity index (χ0n) is 11.3. The summed E-state index contributed by atoms with van der Waals surface area (Å²) in [6.45, 7) is 4.30. The van der Waals surface area contributed by atoms with E-state index in [0.717, 1.165) is 18.6 Å². The SMILES string of the molecule is CC1=C(C)N(C(CC=O)Cc2ccccc2)CS1.Cl. The molecule has 1 atom stereocenters.